The van der Waals surface area contributed by atoms with Crippen molar-refractivity contribution in [3.8, 4) is 0 Å². The highest BCUT2D eigenvalue weighted by atomic mass is 32.2. The van der Waals surface area contributed by atoms with Gasteiger partial charge in [-0.05, 0) is 24.3 Å². The number of halogens is 1. The number of carbonyl (C=O) groups excluding carboxylic acids is 1. The Morgan fingerprint density at radius 3 is 2.72 bits per heavy atom. The maximum atomic E-state index is 12.7. The molecule has 0 unspecified atom stereocenters. The van der Waals surface area contributed by atoms with Crippen LogP contribution in [0.15, 0.2) is 28.6 Å². The van der Waals surface area contributed by atoms with Gasteiger partial charge in [0, 0.05) is 5.69 Å². The lowest BCUT2D eigenvalue weighted by Gasteiger charge is -2.03. The van der Waals surface area contributed by atoms with E-state index in [-0.39, 0.29) is 17.5 Å². The lowest BCUT2D eigenvalue weighted by molar-refractivity contribution is -0.113. The van der Waals surface area contributed by atoms with Gasteiger partial charge in [-0.15, -0.1) is 10.2 Å². The number of benzene rings is 1. The number of anilines is 2. The Bertz CT molecular complexity index is 543. The van der Waals surface area contributed by atoms with Crippen LogP contribution in [-0.2, 0) is 4.79 Å². The summed E-state index contributed by atoms with van der Waals surface area (Å²) >= 11 is 2.48. The van der Waals surface area contributed by atoms with Gasteiger partial charge in [-0.25, -0.2) is 4.39 Å². The minimum atomic E-state index is -0.341. The maximum absolute atomic E-state index is 12.7. The van der Waals surface area contributed by atoms with Gasteiger partial charge in [0.15, 0.2) is 4.34 Å². The molecule has 1 amide bonds. The van der Waals surface area contributed by atoms with Crippen molar-refractivity contribution >= 4 is 39.8 Å². The molecule has 0 aliphatic rings. The van der Waals surface area contributed by atoms with Crippen molar-refractivity contribution in [3.63, 3.8) is 0 Å². The van der Waals surface area contributed by atoms with Crippen molar-refractivity contribution in [1.82, 2.24) is 10.2 Å². The first-order valence-electron chi connectivity index (χ1n) is 4.90. The van der Waals surface area contributed by atoms with E-state index in [9.17, 15) is 9.18 Å². The molecule has 1 heterocycles. The molecule has 1 aromatic heterocycles. The van der Waals surface area contributed by atoms with Gasteiger partial charge < -0.3 is 11.1 Å². The van der Waals surface area contributed by atoms with Crippen molar-refractivity contribution in [2.24, 2.45) is 0 Å². The van der Waals surface area contributed by atoms with Crippen LogP contribution in [0.1, 0.15) is 0 Å². The molecule has 0 spiro atoms. The van der Waals surface area contributed by atoms with Crippen LogP contribution < -0.4 is 11.1 Å². The number of rotatable bonds is 4. The summed E-state index contributed by atoms with van der Waals surface area (Å²) in [4.78, 5) is 11.6. The van der Waals surface area contributed by atoms with E-state index >= 15 is 0 Å². The lowest BCUT2D eigenvalue weighted by atomic mass is 10.3. The molecule has 2 aromatic rings. The van der Waals surface area contributed by atoms with Gasteiger partial charge in [0.25, 0.3) is 0 Å². The molecule has 1 aromatic carbocycles. The zero-order valence-corrected chi connectivity index (χ0v) is 10.7. The fourth-order valence-electron chi connectivity index (χ4n) is 1.14. The first-order chi connectivity index (χ1) is 8.63. The number of nitrogens with two attached hydrogens (primary N) is 1. The summed E-state index contributed by atoms with van der Waals surface area (Å²) in [7, 11) is 0. The number of nitrogens with one attached hydrogen (secondary N) is 1. The van der Waals surface area contributed by atoms with E-state index in [1.807, 2.05) is 0 Å². The van der Waals surface area contributed by atoms with Gasteiger partial charge in [-0.2, -0.15) is 0 Å². The summed E-state index contributed by atoms with van der Waals surface area (Å²) in [6.45, 7) is 0. The number of hydrogen-bond acceptors (Lipinski definition) is 6. The maximum Gasteiger partial charge on any atom is 0.234 e. The van der Waals surface area contributed by atoms with E-state index < -0.39 is 0 Å². The minimum Gasteiger partial charge on any atom is -0.374 e. The van der Waals surface area contributed by atoms with Gasteiger partial charge in [-0.3, -0.25) is 4.79 Å². The molecule has 8 heteroatoms. The zero-order valence-electron chi connectivity index (χ0n) is 9.09. The topological polar surface area (TPSA) is 80.9 Å². The number of nitrogens with zero attached hydrogens (tertiary/aromatic N) is 2. The summed E-state index contributed by atoms with van der Waals surface area (Å²) < 4.78 is 13.3. The Morgan fingerprint density at radius 2 is 2.11 bits per heavy atom. The molecule has 18 heavy (non-hydrogen) atoms. The molecule has 0 aliphatic carbocycles. The van der Waals surface area contributed by atoms with E-state index in [2.05, 4.69) is 15.5 Å². The first-order valence-corrected chi connectivity index (χ1v) is 6.71. The lowest BCUT2D eigenvalue weighted by Crippen LogP contribution is -2.13. The van der Waals surface area contributed by atoms with E-state index in [0.29, 0.717) is 15.2 Å². The van der Waals surface area contributed by atoms with E-state index in [0.717, 1.165) is 0 Å². The second-order valence-corrected chi connectivity index (χ2v) is 5.48. The molecular formula is C10H9FN4OS2. The molecule has 3 N–H and O–H groups in total. The van der Waals surface area contributed by atoms with Gasteiger partial charge in [0.05, 0.1) is 5.75 Å². The zero-order chi connectivity index (χ0) is 13.0. The van der Waals surface area contributed by atoms with Crippen LogP contribution >= 0.6 is 23.1 Å². The van der Waals surface area contributed by atoms with E-state index in [1.54, 1.807) is 0 Å². The summed E-state index contributed by atoms with van der Waals surface area (Å²) in [5.41, 5.74) is 5.97. The number of hydrogen-bond donors (Lipinski definition) is 2. The second-order valence-electron chi connectivity index (χ2n) is 3.25. The van der Waals surface area contributed by atoms with Crippen molar-refractivity contribution in [2.75, 3.05) is 16.8 Å². The largest absolute Gasteiger partial charge is 0.374 e. The van der Waals surface area contributed by atoms with Crippen LogP contribution in [0.5, 0.6) is 0 Å². The molecule has 0 saturated heterocycles. The van der Waals surface area contributed by atoms with Crippen LogP contribution in [0.25, 0.3) is 0 Å². The summed E-state index contributed by atoms with van der Waals surface area (Å²) in [6.07, 6.45) is 0. The molecule has 0 fully saturated rings. The first kappa shape index (κ1) is 12.8. The highest BCUT2D eigenvalue weighted by molar-refractivity contribution is 8.01. The Kier molecular flexibility index (Phi) is 4.11. The highest BCUT2D eigenvalue weighted by Gasteiger charge is 2.07. The molecule has 0 bridgehead atoms. The molecule has 2 rings (SSSR count). The molecule has 0 saturated carbocycles. The number of aromatic nitrogens is 2. The molecule has 94 valence electrons. The van der Waals surface area contributed by atoms with Crippen LogP contribution in [-0.4, -0.2) is 21.9 Å². The van der Waals surface area contributed by atoms with Crippen LogP contribution in [0, 0.1) is 5.82 Å². The fourth-order valence-corrected chi connectivity index (χ4v) is 2.57. The number of carbonyl (C=O) groups is 1. The van der Waals surface area contributed by atoms with Crippen molar-refractivity contribution in [1.29, 1.82) is 0 Å². The van der Waals surface area contributed by atoms with Gasteiger partial charge >= 0.3 is 0 Å². The molecule has 0 aliphatic heterocycles. The molecule has 5 nitrogen and oxygen atoms in total. The molecular weight excluding hydrogens is 275 g/mol. The summed E-state index contributed by atoms with van der Waals surface area (Å²) in [6, 6.07) is 5.57. The number of amides is 1. The van der Waals surface area contributed by atoms with Crippen molar-refractivity contribution < 1.29 is 9.18 Å². The van der Waals surface area contributed by atoms with Gasteiger partial charge in [0.1, 0.15) is 5.82 Å². The minimum absolute atomic E-state index is 0.194. The standard InChI is InChI=1S/C10H9FN4OS2/c11-6-1-3-7(4-2-6)13-8(16)5-17-10-15-14-9(12)18-10/h1-4H,5H2,(H2,12,14)(H,13,16). The highest BCUT2D eigenvalue weighted by Crippen LogP contribution is 2.23. The summed E-state index contributed by atoms with van der Waals surface area (Å²) in [5, 5.41) is 10.4. The predicted molar refractivity (Wildman–Crippen MR) is 70.1 cm³/mol. The third kappa shape index (κ3) is 3.67. The van der Waals surface area contributed by atoms with Crippen molar-refractivity contribution in [3.05, 3.63) is 30.1 Å². The molecule has 0 radical (unpaired) electrons. The van der Waals surface area contributed by atoms with Crippen LogP contribution in [0.4, 0.5) is 15.2 Å². The van der Waals surface area contributed by atoms with Crippen LogP contribution in [0.2, 0.25) is 0 Å². The Morgan fingerprint density at radius 1 is 1.39 bits per heavy atom. The summed E-state index contributed by atoms with van der Waals surface area (Å²) in [5.74, 6) is -0.335. The van der Waals surface area contributed by atoms with Crippen LogP contribution in [0.3, 0.4) is 0 Å². The average Bonchev–Trinajstić information content (AvgIpc) is 2.76. The Hall–Kier alpha value is -1.67. The quantitative estimate of drug-likeness (QED) is 0.839. The number of thioether (sulfide) groups is 1. The van der Waals surface area contributed by atoms with E-state index in [1.165, 1.54) is 47.4 Å². The van der Waals surface area contributed by atoms with E-state index in [4.69, 9.17) is 5.73 Å². The fraction of sp³-hybridized carbons (Fsp3) is 0.100. The monoisotopic (exact) mass is 284 g/mol. The van der Waals surface area contributed by atoms with Gasteiger partial charge in [0.2, 0.25) is 11.0 Å². The second kappa shape index (κ2) is 5.78. The molecule has 0 atom stereocenters. The predicted octanol–water partition coefficient (Wildman–Crippen LogP) is 1.99. The van der Waals surface area contributed by atoms with Crippen molar-refractivity contribution in [2.45, 2.75) is 4.34 Å². The Labute approximate surface area is 111 Å². The number of nitrogen functional groups attached to an aromatic ring is 1. The smallest absolute Gasteiger partial charge is 0.234 e. The normalized spacial score (nSPS) is 10.3. The SMILES string of the molecule is Nc1nnc(SCC(=O)Nc2ccc(F)cc2)s1. The third-order valence-electron chi connectivity index (χ3n) is 1.88. The average molecular weight is 284 g/mol. The van der Waals surface area contributed by atoms with Gasteiger partial charge in [-0.1, -0.05) is 23.1 Å². The third-order valence-corrected chi connectivity index (χ3v) is 3.76. The Balaban J connectivity index is 1.83.